The molecule has 0 spiro atoms. The predicted octanol–water partition coefficient (Wildman–Crippen LogP) is 4.91. The molecule has 1 aliphatic rings. The van der Waals surface area contributed by atoms with Crippen LogP contribution in [0.15, 0.2) is 54.6 Å². The third-order valence-electron chi connectivity index (χ3n) is 7.02. The number of nitrogens with one attached hydrogen (secondary N) is 1. The van der Waals surface area contributed by atoms with Gasteiger partial charge in [0.1, 0.15) is 6.04 Å². The summed E-state index contributed by atoms with van der Waals surface area (Å²) in [6.45, 7) is 7.22. The van der Waals surface area contributed by atoms with E-state index in [-0.39, 0.29) is 17.7 Å². The summed E-state index contributed by atoms with van der Waals surface area (Å²) in [6, 6.07) is 17.9. The Morgan fingerprint density at radius 1 is 1.03 bits per heavy atom. The summed E-state index contributed by atoms with van der Waals surface area (Å²) >= 11 is 0. The van der Waals surface area contributed by atoms with Crippen LogP contribution >= 0.6 is 0 Å². The lowest BCUT2D eigenvalue weighted by atomic mass is 9.81. The zero-order chi connectivity index (χ0) is 26.1. The summed E-state index contributed by atoms with van der Waals surface area (Å²) in [5.41, 5.74) is 9.01. The Bertz CT molecular complexity index is 1020. The summed E-state index contributed by atoms with van der Waals surface area (Å²) < 4.78 is 0. The van der Waals surface area contributed by atoms with E-state index in [1.807, 2.05) is 56.0 Å². The first-order chi connectivity index (χ1) is 17.3. The molecule has 3 rings (SSSR count). The molecule has 2 aromatic carbocycles. The van der Waals surface area contributed by atoms with E-state index in [4.69, 9.17) is 5.73 Å². The van der Waals surface area contributed by atoms with Crippen molar-refractivity contribution >= 4 is 17.7 Å². The molecule has 0 bridgehead atoms. The van der Waals surface area contributed by atoms with Gasteiger partial charge in [-0.3, -0.25) is 14.4 Å². The molecule has 3 N–H and O–H groups in total. The number of nitrogens with zero attached hydrogens (tertiary/aromatic N) is 1. The van der Waals surface area contributed by atoms with Crippen LogP contribution in [0.2, 0.25) is 0 Å². The van der Waals surface area contributed by atoms with Crippen molar-refractivity contribution in [2.75, 3.05) is 6.54 Å². The number of hydrogen-bond donors (Lipinski definition) is 2. The van der Waals surface area contributed by atoms with E-state index < -0.39 is 23.8 Å². The number of rotatable bonds is 11. The third-order valence-corrected chi connectivity index (χ3v) is 7.02. The lowest BCUT2D eigenvalue weighted by molar-refractivity contribution is -0.139. The fourth-order valence-electron chi connectivity index (χ4n) is 5.19. The molecule has 194 valence electrons. The van der Waals surface area contributed by atoms with Gasteiger partial charge in [-0.05, 0) is 60.8 Å². The average molecular weight is 492 g/mol. The fourth-order valence-corrected chi connectivity index (χ4v) is 5.19. The van der Waals surface area contributed by atoms with E-state index in [1.54, 1.807) is 0 Å². The van der Waals surface area contributed by atoms with E-state index in [0.29, 0.717) is 32.4 Å². The molecule has 1 saturated heterocycles. The van der Waals surface area contributed by atoms with Crippen LogP contribution in [0.5, 0.6) is 0 Å². The second-order valence-electron chi connectivity index (χ2n) is 10.4. The van der Waals surface area contributed by atoms with Crippen LogP contribution in [-0.2, 0) is 20.9 Å². The number of likely N-dealkylation sites (tertiary alicyclic amines) is 1. The minimum atomic E-state index is -0.581. The van der Waals surface area contributed by atoms with Gasteiger partial charge in [0, 0.05) is 24.9 Å². The predicted molar refractivity (Wildman–Crippen MR) is 144 cm³/mol. The molecule has 3 atom stereocenters. The minimum absolute atomic E-state index is 0.0552. The molecule has 6 nitrogen and oxygen atoms in total. The van der Waals surface area contributed by atoms with E-state index in [9.17, 15) is 14.4 Å². The van der Waals surface area contributed by atoms with E-state index in [2.05, 4.69) is 29.6 Å². The van der Waals surface area contributed by atoms with Gasteiger partial charge in [-0.25, -0.2) is 0 Å². The van der Waals surface area contributed by atoms with Gasteiger partial charge < -0.3 is 16.0 Å². The highest BCUT2D eigenvalue weighted by molar-refractivity contribution is 5.91. The summed E-state index contributed by atoms with van der Waals surface area (Å²) in [6.07, 6.45) is 4.27. The largest absolute Gasteiger partial charge is 0.369 e. The van der Waals surface area contributed by atoms with Crippen LogP contribution in [-0.4, -0.2) is 35.2 Å². The number of primary amides is 1. The number of benzene rings is 2. The number of amides is 3. The highest BCUT2D eigenvalue weighted by Gasteiger charge is 2.35. The van der Waals surface area contributed by atoms with Crippen molar-refractivity contribution in [1.82, 2.24) is 10.2 Å². The minimum Gasteiger partial charge on any atom is -0.369 e. The first kappa shape index (κ1) is 27.4. The maximum Gasteiger partial charge on any atom is 0.245 e. The van der Waals surface area contributed by atoms with Crippen molar-refractivity contribution in [3.63, 3.8) is 0 Å². The SMILES string of the molecule is CCC[C@H](C(N)=O)C(CC(C)C)C(=O)N[C@H]1CCCCN(Cc2cccc(-c3ccccc3)c2)C1=O. The van der Waals surface area contributed by atoms with Gasteiger partial charge in [-0.2, -0.15) is 0 Å². The maximum atomic E-state index is 13.5. The Hall–Kier alpha value is -3.15. The van der Waals surface area contributed by atoms with E-state index >= 15 is 0 Å². The van der Waals surface area contributed by atoms with Crippen molar-refractivity contribution in [3.05, 3.63) is 60.2 Å². The molecular formula is C30H41N3O3. The molecule has 1 fully saturated rings. The number of nitrogens with two attached hydrogens (primary N) is 1. The van der Waals surface area contributed by atoms with Crippen molar-refractivity contribution in [2.24, 2.45) is 23.5 Å². The van der Waals surface area contributed by atoms with Gasteiger partial charge in [-0.15, -0.1) is 0 Å². The Kier molecular flexibility index (Phi) is 10.1. The molecule has 0 aliphatic carbocycles. The van der Waals surface area contributed by atoms with Gasteiger partial charge in [0.25, 0.3) is 0 Å². The highest BCUT2D eigenvalue weighted by Crippen LogP contribution is 2.26. The quantitative estimate of drug-likeness (QED) is 0.468. The second-order valence-corrected chi connectivity index (χ2v) is 10.4. The smallest absolute Gasteiger partial charge is 0.245 e. The molecule has 0 aromatic heterocycles. The molecule has 1 aliphatic heterocycles. The van der Waals surface area contributed by atoms with Crippen LogP contribution in [0.25, 0.3) is 11.1 Å². The first-order valence-corrected chi connectivity index (χ1v) is 13.3. The lowest BCUT2D eigenvalue weighted by Gasteiger charge is -2.29. The Morgan fingerprint density at radius 2 is 1.75 bits per heavy atom. The van der Waals surface area contributed by atoms with Gasteiger partial charge in [-0.1, -0.05) is 75.7 Å². The lowest BCUT2D eigenvalue weighted by Crippen LogP contribution is -2.50. The Balaban J connectivity index is 1.74. The monoisotopic (exact) mass is 491 g/mol. The topological polar surface area (TPSA) is 92.5 Å². The first-order valence-electron chi connectivity index (χ1n) is 13.3. The highest BCUT2D eigenvalue weighted by atomic mass is 16.2. The number of carbonyl (C=O) groups excluding carboxylic acids is 3. The van der Waals surface area contributed by atoms with Gasteiger partial charge in [0.2, 0.25) is 17.7 Å². The van der Waals surface area contributed by atoms with Crippen LogP contribution in [0.3, 0.4) is 0 Å². The molecule has 6 heteroatoms. The zero-order valence-corrected chi connectivity index (χ0v) is 21.9. The number of hydrogen-bond acceptors (Lipinski definition) is 3. The van der Waals surface area contributed by atoms with Crippen LogP contribution < -0.4 is 11.1 Å². The van der Waals surface area contributed by atoms with Crippen LogP contribution in [0, 0.1) is 17.8 Å². The van der Waals surface area contributed by atoms with E-state index in [1.165, 1.54) is 0 Å². The fraction of sp³-hybridized carbons (Fsp3) is 0.500. The van der Waals surface area contributed by atoms with Crippen molar-refractivity contribution in [2.45, 2.75) is 71.9 Å². The average Bonchev–Trinajstić information content (AvgIpc) is 3.03. The Labute approximate surface area is 215 Å². The molecule has 1 heterocycles. The van der Waals surface area contributed by atoms with E-state index in [0.717, 1.165) is 36.0 Å². The molecule has 36 heavy (non-hydrogen) atoms. The summed E-state index contributed by atoms with van der Waals surface area (Å²) in [5, 5.41) is 3.02. The summed E-state index contributed by atoms with van der Waals surface area (Å²) in [7, 11) is 0. The van der Waals surface area contributed by atoms with Crippen LogP contribution in [0.1, 0.15) is 64.9 Å². The molecule has 1 unspecified atom stereocenters. The molecule has 3 amide bonds. The summed E-state index contributed by atoms with van der Waals surface area (Å²) in [4.78, 5) is 41.0. The van der Waals surface area contributed by atoms with Gasteiger partial charge >= 0.3 is 0 Å². The van der Waals surface area contributed by atoms with Gasteiger partial charge in [0.05, 0.1) is 0 Å². The van der Waals surface area contributed by atoms with Gasteiger partial charge in [0.15, 0.2) is 0 Å². The number of carbonyl (C=O) groups is 3. The second kappa shape index (κ2) is 13.2. The van der Waals surface area contributed by atoms with Crippen molar-refractivity contribution in [3.8, 4) is 11.1 Å². The molecule has 0 saturated carbocycles. The maximum absolute atomic E-state index is 13.5. The molecular weight excluding hydrogens is 450 g/mol. The molecule has 2 aromatic rings. The van der Waals surface area contributed by atoms with Crippen molar-refractivity contribution in [1.29, 1.82) is 0 Å². The van der Waals surface area contributed by atoms with Crippen molar-refractivity contribution < 1.29 is 14.4 Å². The molecule has 0 radical (unpaired) electrons. The normalized spacial score (nSPS) is 17.9. The standard InChI is InChI=1S/C30H41N3O3/c1-4-11-25(28(31)34)26(18-21(2)3)29(35)32-27-16-8-9-17-33(30(27)36)20-22-12-10-15-24(19-22)23-13-6-5-7-14-23/h5-7,10,12-15,19,21,25-27H,4,8-9,11,16-18,20H2,1-3H3,(H2,31,34)(H,32,35)/t25-,26?,27-/m0/s1. The van der Waals surface area contributed by atoms with Crippen LogP contribution in [0.4, 0.5) is 0 Å². The Morgan fingerprint density at radius 3 is 2.42 bits per heavy atom. The summed E-state index contributed by atoms with van der Waals surface area (Å²) in [5.74, 6) is -1.53. The zero-order valence-electron chi connectivity index (χ0n) is 21.9. The third kappa shape index (κ3) is 7.42.